The van der Waals surface area contributed by atoms with Gasteiger partial charge < -0.3 is 9.84 Å². The highest BCUT2D eigenvalue weighted by Gasteiger charge is 2.36. The lowest BCUT2D eigenvalue weighted by Gasteiger charge is -2.36. The molecule has 7 nitrogen and oxygen atoms in total. The van der Waals surface area contributed by atoms with E-state index in [1.807, 2.05) is 0 Å². The van der Waals surface area contributed by atoms with Gasteiger partial charge >= 0.3 is 16.3 Å². The summed E-state index contributed by atoms with van der Waals surface area (Å²) in [5.41, 5.74) is 0. The van der Waals surface area contributed by atoms with Crippen molar-refractivity contribution in [2.75, 3.05) is 26.8 Å². The lowest BCUT2D eigenvalue weighted by Crippen LogP contribution is -2.55. The maximum Gasteiger partial charge on any atom is 0.421 e. The van der Waals surface area contributed by atoms with Crippen LogP contribution in [-0.2, 0) is 14.9 Å². The zero-order valence-corrected chi connectivity index (χ0v) is 8.45. The zero-order chi connectivity index (χ0) is 10.8. The summed E-state index contributed by atoms with van der Waals surface area (Å²) in [6, 6.07) is 0. The minimum Gasteiger partial charge on any atom is -0.452 e. The third kappa shape index (κ3) is 2.34. The van der Waals surface area contributed by atoms with Gasteiger partial charge in [-0.15, -0.1) is 0 Å². The first-order valence-corrected chi connectivity index (χ1v) is 5.40. The highest BCUT2D eigenvalue weighted by molar-refractivity contribution is 7.87. The number of carbonyl (C=O) groups is 1. The number of methoxy groups -OCH3 is 1. The fourth-order valence-corrected chi connectivity index (χ4v) is 2.28. The van der Waals surface area contributed by atoms with Crippen molar-refractivity contribution in [1.82, 2.24) is 9.03 Å². The van der Waals surface area contributed by atoms with Crippen LogP contribution in [0.3, 0.4) is 0 Å². The van der Waals surface area contributed by atoms with Crippen molar-refractivity contribution >= 4 is 16.3 Å². The summed E-state index contributed by atoms with van der Waals surface area (Å²) in [6.07, 6.45) is -1.02. The second-order valence-electron chi connectivity index (χ2n) is 2.96. The summed E-state index contributed by atoms with van der Waals surface area (Å²) in [5, 5.41) is 8.66. The summed E-state index contributed by atoms with van der Waals surface area (Å²) in [5.74, 6) is -0.0378. The summed E-state index contributed by atoms with van der Waals surface area (Å²) in [6.45, 7) is 0.399. The van der Waals surface area contributed by atoms with Crippen molar-refractivity contribution in [1.29, 1.82) is 0 Å². The molecule has 1 saturated heterocycles. The normalized spacial score (nSPS) is 18.7. The second-order valence-corrected chi connectivity index (χ2v) is 4.63. The first kappa shape index (κ1) is 11.2. The van der Waals surface area contributed by atoms with E-state index in [4.69, 9.17) is 5.11 Å². The third-order valence-electron chi connectivity index (χ3n) is 1.92. The van der Waals surface area contributed by atoms with Gasteiger partial charge in [0.25, 0.3) is 0 Å². The number of rotatable bonds is 3. The molecular weight excluding hydrogens is 212 g/mol. The number of nitrogens with one attached hydrogen (secondary N) is 1. The molecule has 8 heteroatoms. The van der Waals surface area contributed by atoms with E-state index in [0.717, 1.165) is 11.4 Å². The monoisotopic (exact) mass is 224 g/mol. The van der Waals surface area contributed by atoms with Crippen LogP contribution in [-0.4, -0.2) is 50.7 Å². The Balaban J connectivity index is 2.48. The Morgan fingerprint density at radius 1 is 1.64 bits per heavy atom. The van der Waals surface area contributed by atoms with Crippen LogP contribution in [0.15, 0.2) is 0 Å². The van der Waals surface area contributed by atoms with Crippen LogP contribution < -0.4 is 4.72 Å². The number of nitrogens with zero attached hydrogens (tertiary/aromatic N) is 1. The number of aliphatic hydroxyl groups excluding tert-OH is 1. The molecule has 0 aromatic carbocycles. The van der Waals surface area contributed by atoms with Crippen molar-refractivity contribution in [3.63, 3.8) is 0 Å². The third-order valence-corrected chi connectivity index (χ3v) is 3.32. The van der Waals surface area contributed by atoms with Crippen molar-refractivity contribution in [2.24, 2.45) is 5.92 Å². The summed E-state index contributed by atoms with van der Waals surface area (Å²) in [7, 11) is -2.70. The molecule has 0 atom stereocenters. The van der Waals surface area contributed by atoms with Gasteiger partial charge in [-0.1, -0.05) is 0 Å². The van der Waals surface area contributed by atoms with Gasteiger partial charge in [-0.05, 0) is 0 Å². The molecular formula is C6H12N2O5S. The molecule has 1 rings (SSSR count). The average molecular weight is 224 g/mol. The number of hydrogen-bond acceptors (Lipinski definition) is 5. The van der Waals surface area contributed by atoms with Crippen molar-refractivity contribution in [3.8, 4) is 0 Å². The Morgan fingerprint density at radius 3 is 2.64 bits per heavy atom. The van der Waals surface area contributed by atoms with E-state index in [1.165, 1.54) is 0 Å². The summed E-state index contributed by atoms with van der Waals surface area (Å²) < 4.78 is 29.5. The van der Waals surface area contributed by atoms with Crippen LogP contribution in [0.5, 0.6) is 0 Å². The molecule has 1 aliphatic heterocycles. The quantitative estimate of drug-likeness (QED) is 0.609. The molecule has 14 heavy (non-hydrogen) atoms. The Hall–Kier alpha value is -0.860. The Kier molecular flexibility index (Phi) is 3.29. The lowest BCUT2D eigenvalue weighted by atomic mass is 10.1. The van der Waals surface area contributed by atoms with E-state index in [-0.39, 0.29) is 25.6 Å². The minimum absolute atomic E-state index is 0.0378. The Labute approximate surface area is 81.8 Å². The molecule has 1 aliphatic rings. The molecule has 0 radical (unpaired) electrons. The van der Waals surface area contributed by atoms with Crippen LogP contribution in [0.25, 0.3) is 0 Å². The number of ether oxygens (including phenoxy) is 1. The topological polar surface area (TPSA) is 95.9 Å². The van der Waals surface area contributed by atoms with E-state index < -0.39 is 16.3 Å². The van der Waals surface area contributed by atoms with Gasteiger partial charge in [0.1, 0.15) is 0 Å². The molecule has 1 heterocycles. The molecule has 82 valence electrons. The predicted octanol–water partition coefficient (Wildman–Crippen LogP) is -1.49. The first-order chi connectivity index (χ1) is 6.49. The van der Waals surface area contributed by atoms with Crippen molar-refractivity contribution in [3.05, 3.63) is 0 Å². The fourth-order valence-electron chi connectivity index (χ4n) is 1.05. The van der Waals surface area contributed by atoms with Crippen LogP contribution in [0, 0.1) is 5.92 Å². The molecule has 0 aliphatic carbocycles. The van der Waals surface area contributed by atoms with E-state index in [0.29, 0.717) is 0 Å². The standard InChI is InChI=1S/C6H12N2O5S/c1-13-6(10)7-14(11,12)8-2-5(3-8)4-9/h5,9H,2-4H2,1H3,(H,7,10). The van der Waals surface area contributed by atoms with Crippen molar-refractivity contribution < 1.29 is 23.1 Å². The Bertz CT molecular complexity index is 308. The summed E-state index contributed by atoms with van der Waals surface area (Å²) in [4.78, 5) is 10.6. The zero-order valence-electron chi connectivity index (χ0n) is 7.63. The fraction of sp³-hybridized carbons (Fsp3) is 0.833. The highest BCUT2D eigenvalue weighted by Crippen LogP contribution is 2.17. The number of aliphatic hydroxyl groups is 1. The smallest absolute Gasteiger partial charge is 0.421 e. The molecule has 0 aromatic heterocycles. The maximum atomic E-state index is 11.3. The SMILES string of the molecule is COC(=O)NS(=O)(=O)N1CC(CO)C1. The van der Waals surface area contributed by atoms with Gasteiger partial charge in [-0.25, -0.2) is 9.52 Å². The van der Waals surface area contributed by atoms with Gasteiger partial charge in [0.05, 0.1) is 7.11 Å². The number of amides is 1. The highest BCUT2D eigenvalue weighted by atomic mass is 32.2. The van der Waals surface area contributed by atoms with Gasteiger partial charge in [0.2, 0.25) is 0 Å². The second kappa shape index (κ2) is 4.11. The summed E-state index contributed by atoms with van der Waals surface area (Å²) >= 11 is 0. The maximum absolute atomic E-state index is 11.3. The van der Waals surface area contributed by atoms with E-state index in [1.54, 1.807) is 4.72 Å². The van der Waals surface area contributed by atoms with Gasteiger partial charge in [0.15, 0.2) is 0 Å². The van der Waals surface area contributed by atoms with E-state index in [2.05, 4.69) is 4.74 Å². The Morgan fingerprint density at radius 2 is 2.21 bits per heavy atom. The lowest BCUT2D eigenvalue weighted by molar-refractivity contribution is 0.115. The molecule has 0 saturated carbocycles. The molecule has 1 amide bonds. The van der Waals surface area contributed by atoms with E-state index >= 15 is 0 Å². The molecule has 2 N–H and O–H groups in total. The molecule has 0 bridgehead atoms. The molecule has 0 unspecified atom stereocenters. The predicted molar refractivity (Wildman–Crippen MR) is 46.6 cm³/mol. The van der Waals surface area contributed by atoms with Crippen LogP contribution in [0.4, 0.5) is 4.79 Å². The first-order valence-electron chi connectivity index (χ1n) is 3.96. The average Bonchev–Trinajstić information content (AvgIpc) is 2.00. The minimum atomic E-state index is -3.78. The van der Waals surface area contributed by atoms with Crippen LogP contribution >= 0.6 is 0 Å². The molecule has 0 spiro atoms. The van der Waals surface area contributed by atoms with E-state index in [9.17, 15) is 13.2 Å². The largest absolute Gasteiger partial charge is 0.452 e. The molecule has 0 aromatic rings. The molecule has 1 fully saturated rings. The number of carbonyl (C=O) groups excluding carboxylic acids is 1. The van der Waals surface area contributed by atoms with Gasteiger partial charge in [-0.3, -0.25) is 0 Å². The van der Waals surface area contributed by atoms with Gasteiger partial charge in [-0.2, -0.15) is 12.7 Å². The van der Waals surface area contributed by atoms with Gasteiger partial charge in [0, 0.05) is 25.6 Å². The van der Waals surface area contributed by atoms with Crippen molar-refractivity contribution in [2.45, 2.75) is 0 Å². The van der Waals surface area contributed by atoms with Crippen LogP contribution in [0.1, 0.15) is 0 Å². The number of hydrogen-bond donors (Lipinski definition) is 2. The van der Waals surface area contributed by atoms with Crippen LogP contribution in [0.2, 0.25) is 0 Å².